The van der Waals surface area contributed by atoms with Crippen molar-refractivity contribution in [3.05, 3.63) is 52.0 Å². The van der Waals surface area contributed by atoms with Gasteiger partial charge < -0.3 is 9.88 Å². The molecular weight excluding hydrogens is 294 g/mol. The van der Waals surface area contributed by atoms with E-state index < -0.39 is 0 Å². The summed E-state index contributed by atoms with van der Waals surface area (Å²) < 4.78 is 2.68. The molecule has 1 amide bonds. The summed E-state index contributed by atoms with van der Waals surface area (Å²) in [6.45, 7) is 2.42. The molecule has 0 atom stereocenters. The summed E-state index contributed by atoms with van der Waals surface area (Å²) in [5.74, 6) is -0.103. The van der Waals surface area contributed by atoms with Crippen LogP contribution in [0, 0.1) is 6.92 Å². The van der Waals surface area contributed by atoms with Crippen molar-refractivity contribution in [2.24, 2.45) is 7.05 Å². The van der Waals surface area contributed by atoms with Crippen LogP contribution in [0.4, 0.5) is 0 Å². The summed E-state index contributed by atoms with van der Waals surface area (Å²) in [5, 5.41) is 2.87. The number of nitrogens with zero attached hydrogens (tertiary/aromatic N) is 2. The first-order valence-corrected chi connectivity index (χ1v) is 6.38. The van der Waals surface area contributed by atoms with Gasteiger partial charge in [0.1, 0.15) is 5.69 Å². The summed E-state index contributed by atoms with van der Waals surface area (Å²) in [4.78, 5) is 16.2. The number of nitrogens with one attached hydrogen (secondary N) is 1. The zero-order valence-corrected chi connectivity index (χ0v) is 11.9. The van der Waals surface area contributed by atoms with Gasteiger partial charge in [-0.2, -0.15) is 0 Å². The van der Waals surface area contributed by atoms with Gasteiger partial charge in [0.05, 0.1) is 12.2 Å². The molecular formula is C13H14BrN3O. The Kier molecular flexibility index (Phi) is 3.81. The highest BCUT2D eigenvalue weighted by molar-refractivity contribution is 9.10. The molecule has 0 fully saturated rings. The molecule has 5 heteroatoms. The molecule has 0 aliphatic carbocycles. The van der Waals surface area contributed by atoms with E-state index in [0.29, 0.717) is 12.2 Å². The Hall–Kier alpha value is -1.62. The van der Waals surface area contributed by atoms with Crippen molar-refractivity contribution in [1.82, 2.24) is 14.9 Å². The monoisotopic (exact) mass is 307 g/mol. The van der Waals surface area contributed by atoms with Crippen LogP contribution in [-0.2, 0) is 13.6 Å². The van der Waals surface area contributed by atoms with E-state index in [1.54, 1.807) is 16.8 Å². The molecule has 0 unspecified atom stereocenters. The lowest BCUT2D eigenvalue weighted by Gasteiger charge is -2.07. The molecule has 0 radical (unpaired) electrons. The van der Waals surface area contributed by atoms with Gasteiger partial charge in [-0.05, 0) is 40.5 Å². The van der Waals surface area contributed by atoms with Crippen molar-refractivity contribution in [3.63, 3.8) is 0 Å². The molecule has 1 N–H and O–H groups in total. The van der Waals surface area contributed by atoms with E-state index >= 15 is 0 Å². The van der Waals surface area contributed by atoms with Gasteiger partial charge in [-0.1, -0.05) is 6.07 Å². The van der Waals surface area contributed by atoms with Gasteiger partial charge in [-0.3, -0.25) is 9.78 Å². The van der Waals surface area contributed by atoms with Gasteiger partial charge in [0, 0.05) is 23.9 Å². The van der Waals surface area contributed by atoms with Crippen LogP contribution in [0.25, 0.3) is 0 Å². The Labute approximate surface area is 114 Å². The standard InChI is InChI=1S/C13H14BrN3O/c1-9-4-3-5-15-11(9)7-16-13(18)12-6-10(14)8-17(12)2/h3-6,8H,7H2,1-2H3,(H,16,18). The summed E-state index contributed by atoms with van der Waals surface area (Å²) in [6, 6.07) is 5.66. The molecule has 0 aliphatic heterocycles. The van der Waals surface area contributed by atoms with E-state index in [4.69, 9.17) is 0 Å². The lowest BCUT2D eigenvalue weighted by atomic mass is 10.2. The van der Waals surface area contributed by atoms with E-state index in [9.17, 15) is 4.79 Å². The number of amides is 1. The van der Waals surface area contributed by atoms with Crippen LogP contribution in [-0.4, -0.2) is 15.5 Å². The highest BCUT2D eigenvalue weighted by atomic mass is 79.9. The molecule has 0 saturated heterocycles. The van der Waals surface area contributed by atoms with E-state index in [1.165, 1.54) is 0 Å². The molecule has 0 bridgehead atoms. The minimum Gasteiger partial charge on any atom is -0.345 e. The zero-order valence-electron chi connectivity index (χ0n) is 10.3. The maximum atomic E-state index is 12.0. The minimum atomic E-state index is -0.103. The number of aromatic nitrogens is 2. The van der Waals surface area contributed by atoms with Crippen LogP contribution >= 0.6 is 15.9 Å². The van der Waals surface area contributed by atoms with Gasteiger partial charge >= 0.3 is 0 Å². The summed E-state index contributed by atoms with van der Waals surface area (Å²) in [5.41, 5.74) is 2.58. The van der Waals surface area contributed by atoms with E-state index in [-0.39, 0.29) is 5.91 Å². The highest BCUT2D eigenvalue weighted by Gasteiger charge is 2.11. The molecule has 94 valence electrons. The van der Waals surface area contributed by atoms with E-state index in [2.05, 4.69) is 26.2 Å². The lowest BCUT2D eigenvalue weighted by Crippen LogP contribution is -2.25. The Balaban J connectivity index is 2.05. The fourth-order valence-electron chi connectivity index (χ4n) is 1.71. The third kappa shape index (κ3) is 2.79. The van der Waals surface area contributed by atoms with E-state index in [0.717, 1.165) is 15.7 Å². The van der Waals surface area contributed by atoms with Crippen molar-refractivity contribution in [3.8, 4) is 0 Å². The van der Waals surface area contributed by atoms with Crippen molar-refractivity contribution >= 4 is 21.8 Å². The van der Waals surface area contributed by atoms with Gasteiger partial charge in [-0.25, -0.2) is 0 Å². The van der Waals surface area contributed by atoms with Crippen LogP contribution in [0.5, 0.6) is 0 Å². The Morgan fingerprint density at radius 2 is 2.33 bits per heavy atom. The summed E-state index contributed by atoms with van der Waals surface area (Å²) in [7, 11) is 1.84. The predicted octanol–water partition coefficient (Wildman–Crippen LogP) is 2.42. The second kappa shape index (κ2) is 5.35. The molecule has 2 rings (SSSR count). The zero-order chi connectivity index (χ0) is 13.1. The van der Waals surface area contributed by atoms with Crippen LogP contribution in [0.3, 0.4) is 0 Å². The van der Waals surface area contributed by atoms with Crippen molar-refractivity contribution < 1.29 is 4.79 Å². The van der Waals surface area contributed by atoms with Gasteiger partial charge in [0.15, 0.2) is 0 Å². The second-order valence-electron chi connectivity index (χ2n) is 4.10. The minimum absolute atomic E-state index is 0.103. The van der Waals surface area contributed by atoms with Crippen molar-refractivity contribution in [2.45, 2.75) is 13.5 Å². The maximum Gasteiger partial charge on any atom is 0.268 e. The third-order valence-corrected chi connectivity index (χ3v) is 3.17. The number of hydrogen-bond acceptors (Lipinski definition) is 2. The smallest absolute Gasteiger partial charge is 0.268 e. The highest BCUT2D eigenvalue weighted by Crippen LogP contribution is 2.13. The predicted molar refractivity (Wildman–Crippen MR) is 73.3 cm³/mol. The fourth-order valence-corrected chi connectivity index (χ4v) is 2.23. The Bertz CT molecular complexity index is 577. The molecule has 2 aromatic heterocycles. The molecule has 0 saturated carbocycles. The van der Waals surface area contributed by atoms with Crippen LogP contribution in [0.1, 0.15) is 21.7 Å². The van der Waals surface area contributed by atoms with Crippen LogP contribution < -0.4 is 5.32 Å². The number of pyridine rings is 1. The van der Waals surface area contributed by atoms with Gasteiger partial charge in [-0.15, -0.1) is 0 Å². The maximum absolute atomic E-state index is 12.0. The van der Waals surface area contributed by atoms with Crippen LogP contribution in [0.15, 0.2) is 35.1 Å². The van der Waals surface area contributed by atoms with Crippen molar-refractivity contribution in [2.75, 3.05) is 0 Å². The number of rotatable bonds is 3. The second-order valence-corrected chi connectivity index (χ2v) is 5.02. The number of halogens is 1. The van der Waals surface area contributed by atoms with Crippen molar-refractivity contribution in [1.29, 1.82) is 0 Å². The third-order valence-electron chi connectivity index (χ3n) is 2.74. The fraction of sp³-hybridized carbons (Fsp3) is 0.231. The number of carbonyl (C=O) groups is 1. The average Bonchev–Trinajstić information content (AvgIpc) is 2.67. The largest absolute Gasteiger partial charge is 0.345 e. The van der Waals surface area contributed by atoms with Gasteiger partial charge in [0.25, 0.3) is 5.91 Å². The average molecular weight is 308 g/mol. The molecule has 18 heavy (non-hydrogen) atoms. The molecule has 0 aromatic carbocycles. The topological polar surface area (TPSA) is 46.9 Å². The van der Waals surface area contributed by atoms with E-state index in [1.807, 2.05) is 32.3 Å². The molecule has 2 aromatic rings. The normalized spacial score (nSPS) is 10.4. The molecule has 2 heterocycles. The molecule has 0 spiro atoms. The first-order chi connectivity index (χ1) is 8.58. The number of carbonyl (C=O) groups excluding carboxylic acids is 1. The Morgan fingerprint density at radius 1 is 1.56 bits per heavy atom. The van der Waals surface area contributed by atoms with Crippen LogP contribution in [0.2, 0.25) is 0 Å². The quantitative estimate of drug-likeness (QED) is 0.946. The molecule has 4 nitrogen and oxygen atoms in total. The number of aryl methyl sites for hydroxylation is 2. The van der Waals surface area contributed by atoms with Gasteiger partial charge in [0.2, 0.25) is 0 Å². The first kappa shape index (κ1) is 12.8. The number of hydrogen-bond donors (Lipinski definition) is 1. The Morgan fingerprint density at radius 3 is 2.94 bits per heavy atom. The molecule has 0 aliphatic rings. The summed E-state index contributed by atoms with van der Waals surface area (Å²) >= 11 is 3.35. The summed E-state index contributed by atoms with van der Waals surface area (Å²) in [6.07, 6.45) is 3.58. The SMILES string of the molecule is Cc1cccnc1CNC(=O)c1cc(Br)cn1C. The first-order valence-electron chi connectivity index (χ1n) is 5.58. The lowest BCUT2D eigenvalue weighted by molar-refractivity contribution is 0.0942.